The van der Waals surface area contributed by atoms with Crippen molar-refractivity contribution >= 4 is 6.09 Å². The number of fused-ring (bicyclic) bond motifs is 1. The first-order valence-corrected chi connectivity index (χ1v) is 10.0. The van der Waals surface area contributed by atoms with E-state index in [0.29, 0.717) is 12.5 Å². The summed E-state index contributed by atoms with van der Waals surface area (Å²) >= 11 is 0. The Morgan fingerprint density at radius 2 is 1.67 bits per heavy atom. The van der Waals surface area contributed by atoms with Crippen molar-refractivity contribution in [3.63, 3.8) is 0 Å². The number of ether oxygens (including phenoxy) is 1. The Morgan fingerprint density at radius 1 is 1.00 bits per heavy atom. The van der Waals surface area contributed by atoms with Crippen LogP contribution in [0.25, 0.3) is 0 Å². The predicted molar refractivity (Wildman–Crippen MR) is 106 cm³/mol. The summed E-state index contributed by atoms with van der Waals surface area (Å²) in [5, 5.41) is 0. The fourth-order valence-corrected chi connectivity index (χ4v) is 4.82. The average Bonchev–Trinajstić information content (AvgIpc) is 2.72. The highest BCUT2D eigenvalue weighted by Gasteiger charge is 2.45. The summed E-state index contributed by atoms with van der Waals surface area (Å²) in [6.45, 7) is 0.296. The number of likely N-dealkylation sites (tertiary alicyclic amines) is 1. The van der Waals surface area contributed by atoms with Crippen LogP contribution in [0.4, 0.5) is 4.79 Å². The minimum absolute atomic E-state index is 0.0592. The molecule has 2 aromatic carbocycles. The van der Waals surface area contributed by atoms with E-state index in [2.05, 4.69) is 12.1 Å². The third kappa shape index (κ3) is 3.86. The van der Waals surface area contributed by atoms with E-state index in [4.69, 9.17) is 10.5 Å². The Morgan fingerprint density at radius 3 is 2.41 bits per heavy atom. The molecule has 142 valence electrons. The Kier molecular flexibility index (Phi) is 5.44. The zero-order valence-electron chi connectivity index (χ0n) is 15.7. The number of hydrogen-bond donors (Lipinski definition) is 1. The maximum absolute atomic E-state index is 13.2. The molecule has 1 saturated heterocycles. The van der Waals surface area contributed by atoms with E-state index < -0.39 is 0 Å². The Labute approximate surface area is 161 Å². The molecule has 2 aliphatic rings. The van der Waals surface area contributed by atoms with Gasteiger partial charge >= 0.3 is 6.09 Å². The summed E-state index contributed by atoms with van der Waals surface area (Å²) in [5.74, 6) is 0.484. The zero-order valence-corrected chi connectivity index (χ0v) is 15.7. The van der Waals surface area contributed by atoms with E-state index in [1.165, 1.54) is 12.8 Å². The molecular weight excluding hydrogens is 336 g/mol. The number of rotatable bonds is 3. The van der Waals surface area contributed by atoms with E-state index in [-0.39, 0.29) is 24.2 Å². The van der Waals surface area contributed by atoms with Crippen molar-refractivity contribution < 1.29 is 9.53 Å². The molecule has 4 unspecified atom stereocenters. The maximum atomic E-state index is 13.2. The first-order chi connectivity index (χ1) is 13.2. The number of hydrogen-bond acceptors (Lipinski definition) is 3. The molecule has 1 heterocycles. The fourth-order valence-electron chi connectivity index (χ4n) is 4.82. The summed E-state index contributed by atoms with van der Waals surface area (Å²) in [4.78, 5) is 15.2. The standard InChI is InChI=1S/C23H28N2O2/c24-20-15-19-13-7-8-14-21(19)25(22(20)18-11-5-2-6-12-18)23(26)27-16-17-9-3-1-4-10-17/h1-6,9-12,19-22H,7-8,13-16,24H2. The van der Waals surface area contributed by atoms with Crippen LogP contribution in [0.3, 0.4) is 0 Å². The van der Waals surface area contributed by atoms with Gasteiger partial charge in [-0.1, -0.05) is 73.5 Å². The molecule has 1 aliphatic heterocycles. The van der Waals surface area contributed by atoms with Gasteiger partial charge in [0.25, 0.3) is 0 Å². The molecule has 4 rings (SSSR count). The van der Waals surface area contributed by atoms with Crippen LogP contribution in [0.2, 0.25) is 0 Å². The second-order valence-corrected chi connectivity index (χ2v) is 7.81. The summed E-state index contributed by atoms with van der Waals surface area (Å²) in [5.41, 5.74) is 8.71. The van der Waals surface area contributed by atoms with Crippen LogP contribution in [0, 0.1) is 5.92 Å². The number of piperidine rings is 1. The van der Waals surface area contributed by atoms with Gasteiger partial charge in [-0.2, -0.15) is 0 Å². The Hall–Kier alpha value is -2.33. The van der Waals surface area contributed by atoms with Gasteiger partial charge in [0.05, 0.1) is 6.04 Å². The van der Waals surface area contributed by atoms with Gasteiger partial charge in [0, 0.05) is 12.1 Å². The molecular formula is C23H28N2O2. The molecule has 2 fully saturated rings. The van der Waals surface area contributed by atoms with Crippen molar-refractivity contribution in [3.05, 3.63) is 71.8 Å². The lowest BCUT2D eigenvalue weighted by Crippen LogP contribution is -2.58. The van der Waals surface area contributed by atoms with Crippen LogP contribution in [0.15, 0.2) is 60.7 Å². The van der Waals surface area contributed by atoms with Gasteiger partial charge in [-0.25, -0.2) is 4.79 Å². The van der Waals surface area contributed by atoms with Crippen molar-refractivity contribution in [2.75, 3.05) is 0 Å². The molecule has 0 bridgehead atoms. The number of nitrogens with zero attached hydrogens (tertiary/aromatic N) is 1. The number of carbonyl (C=O) groups excluding carboxylic acids is 1. The van der Waals surface area contributed by atoms with Crippen LogP contribution in [0.5, 0.6) is 0 Å². The second-order valence-electron chi connectivity index (χ2n) is 7.81. The van der Waals surface area contributed by atoms with E-state index in [1.54, 1.807) is 0 Å². The van der Waals surface area contributed by atoms with Gasteiger partial charge < -0.3 is 10.5 Å². The van der Waals surface area contributed by atoms with E-state index in [9.17, 15) is 4.79 Å². The highest BCUT2D eigenvalue weighted by molar-refractivity contribution is 5.69. The topological polar surface area (TPSA) is 55.6 Å². The lowest BCUT2D eigenvalue weighted by molar-refractivity contribution is -0.00548. The molecule has 2 N–H and O–H groups in total. The number of nitrogens with two attached hydrogens (primary N) is 1. The second kappa shape index (κ2) is 8.13. The highest BCUT2D eigenvalue weighted by Crippen LogP contribution is 2.43. The molecule has 1 aliphatic carbocycles. The fraction of sp³-hybridized carbons (Fsp3) is 0.435. The van der Waals surface area contributed by atoms with E-state index in [1.807, 2.05) is 53.4 Å². The smallest absolute Gasteiger partial charge is 0.410 e. The number of carbonyl (C=O) groups is 1. The van der Waals surface area contributed by atoms with Gasteiger partial charge in [0.1, 0.15) is 6.61 Å². The molecule has 0 spiro atoms. The van der Waals surface area contributed by atoms with Gasteiger partial charge in [-0.15, -0.1) is 0 Å². The summed E-state index contributed by atoms with van der Waals surface area (Å²) in [6, 6.07) is 20.1. The summed E-state index contributed by atoms with van der Waals surface area (Å²) in [7, 11) is 0. The SMILES string of the molecule is NC1CC2CCCCC2N(C(=O)OCc2ccccc2)C1c1ccccc1. The largest absolute Gasteiger partial charge is 0.445 e. The third-order valence-electron chi connectivity index (χ3n) is 6.06. The molecule has 1 amide bonds. The third-order valence-corrected chi connectivity index (χ3v) is 6.06. The first kappa shape index (κ1) is 18.1. The Balaban J connectivity index is 1.59. The van der Waals surface area contributed by atoms with E-state index >= 15 is 0 Å². The van der Waals surface area contributed by atoms with Gasteiger partial charge in [-0.3, -0.25) is 4.90 Å². The molecule has 4 atom stereocenters. The van der Waals surface area contributed by atoms with Crippen molar-refractivity contribution in [1.82, 2.24) is 4.90 Å². The minimum Gasteiger partial charge on any atom is -0.445 e. The zero-order chi connectivity index (χ0) is 18.6. The minimum atomic E-state index is -0.236. The molecule has 1 saturated carbocycles. The molecule has 0 aromatic heterocycles. The molecule has 4 heteroatoms. The normalized spacial score (nSPS) is 27.7. The quantitative estimate of drug-likeness (QED) is 0.862. The Bertz CT molecular complexity index is 749. The lowest BCUT2D eigenvalue weighted by Gasteiger charge is -2.50. The van der Waals surface area contributed by atoms with Crippen molar-refractivity contribution in [1.29, 1.82) is 0 Å². The lowest BCUT2D eigenvalue weighted by atomic mass is 9.73. The summed E-state index contributed by atoms with van der Waals surface area (Å²) < 4.78 is 5.75. The van der Waals surface area contributed by atoms with Crippen molar-refractivity contribution in [3.8, 4) is 0 Å². The van der Waals surface area contributed by atoms with Crippen LogP contribution < -0.4 is 5.73 Å². The van der Waals surface area contributed by atoms with Gasteiger partial charge in [0.15, 0.2) is 0 Å². The van der Waals surface area contributed by atoms with Crippen molar-refractivity contribution in [2.24, 2.45) is 11.7 Å². The monoisotopic (exact) mass is 364 g/mol. The molecule has 2 aromatic rings. The van der Waals surface area contributed by atoms with Crippen LogP contribution in [-0.4, -0.2) is 23.1 Å². The van der Waals surface area contributed by atoms with Gasteiger partial charge in [0.2, 0.25) is 0 Å². The number of benzene rings is 2. The van der Waals surface area contributed by atoms with E-state index in [0.717, 1.165) is 30.4 Å². The first-order valence-electron chi connectivity index (χ1n) is 10.0. The molecule has 4 nitrogen and oxygen atoms in total. The van der Waals surface area contributed by atoms with Crippen molar-refractivity contribution in [2.45, 2.75) is 56.8 Å². The molecule has 0 radical (unpaired) electrons. The van der Waals surface area contributed by atoms with Crippen LogP contribution in [-0.2, 0) is 11.3 Å². The highest BCUT2D eigenvalue weighted by atomic mass is 16.6. The van der Waals surface area contributed by atoms with Crippen LogP contribution >= 0.6 is 0 Å². The summed E-state index contributed by atoms with van der Waals surface area (Å²) in [6.07, 6.45) is 5.34. The van der Waals surface area contributed by atoms with Gasteiger partial charge in [-0.05, 0) is 36.3 Å². The average molecular weight is 364 g/mol. The maximum Gasteiger partial charge on any atom is 0.410 e. The molecule has 27 heavy (non-hydrogen) atoms. The van der Waals surface area contributed by atoms with Crippen LogP contribution in [0.1, 0.15) is 49.3 Å². The number of amides is 1. The predicted octanol–water partition coefficient (Wildman–Crippen LogP) is 4.66.